The van der Waals surface area contributed by atoms with Crippen molar-refractivity contribution in [2.24, 2.45) is 5.92 Å². The van der Waals surface area contributed by atoms with E-state index in [0.717, 1.165) is 12.1 Å². The van der Waals surface area contributed by atoms with Gasteiger partial charge in [0.1, 0.15) is 0 Å². The number of carbonyl (C=O) groups excluding carboxylic acids is 1. The predicted octanol–water partition coefficient (Wildman–Crippen LogP) is 0.122. The van der Waals surface area contributed by atoms with Gasteiger partial charge in [0.15, 0.2) is 0 Å². The molecule has 1 aliphatic rings. The van der Waals surface area contributed by atoms with E-state index in [1.807, 2.05) is 13.1 Å². The van der Waals surface area contributed by atoms with Crippen LogP contribution in [-0.4, -0.2) is 46.5 Å². The van der Waals surface area contributed by atoms with Crippen LogP contribution >= 0.6 is 24.8 Å². The molecule has 1 fully saturated rings. The van der Waals surface area contributed by atoms with Gasteiger partial charge in [0.2, 0.25) is 5.91 Å². The number of aromatic nitrogens is 2. The van der Waals surface area contributed by atoms with Crippen LogP contribution in [0.4, 0.5) is 0 Å². The molecule has 3 N–H and O–H groups in total. The maximum atomic E-state index is 11.6. The molecule has 6 nitrogen and oxygen atoms in total. The van der Waals surface area contributed by atoms with E-state index >= 15 is 0 Å². The zero-order chi connectivity index (χ0) is 13.0. The van der Waals surface area contributed by atoms with Crippen molar-refractivity contribution in [2.75, 3.05) is 19.6 Å². The molecule has 0 bridgehead atoms. The Morgan fingerprint density at radius 2 is 2.30 bits per heavy atom. The van der Waals surface area contributed by atoms with E-state index in [4.69, 9.17) is 0 Å². The summed E-state index contributed by atoms with van der Waals surface area (Å²) in [5.74, 6) is 0.128. The number of aryl methyl sites for hydroxylation is 2. The molecule has 116 valence electrons. The molecule has 1 aromatic rings. The monoisotopic (exact) mass is 324 g/mol. The van der Waals surface area contributed by atoms with Crippen LogP contribution in [0.5, 0.6) is 0 Å². The predicted molar refractivity (Wildman–Crippen MR) is 81.5 cm³/mol. The fourth-order valence-electron chi connectivity index (χ4n) is 2.07. The third-order valence-corrected chi connectivity index (χ3v) is 3.20. The summed E-state index contributed by atoms with van der Waals surface area (Å²) in [7, 11) is 0. The number of β-amino-alcohol motifs (C(OH)–C–C–N with tert-alkyl or cyclic N) is 1. The number of nitrogens with zero attached hydrogens (tertiary/aromatic N) is 2. The molecule has 1 saturated heterocycles. The Kier molecular flexibility index (Phi) is 8.80. The van der Waals surface area contributed by atoms with Gasteiger partial charge in [-0.15, -0.1) is 24.8 Å². The summed E-state index contributed by atoms with van der Waals surface area (Å²) in [4.78, 5) is 11.6. The first-order chi connectivity index (χ1) is 8.65. The SMILES string of the molecule is Cc1cnn(CCC(=O)NCC2CNCC2O)c1.Cl.Cl. The maximum Gasteiger partial charge on any atom is 0.221 e. The quantitative estimate of drug-likeness (QED) is 0.719. The zero-order valence-electron chi connectivity index (χ0n) is 11.4. The highest BCUT2D eigenvalue weighted by atomic mass is 35.5. The second kappa shape index (κ2) is 9.18. The number of halogens is 2. The number of amides is 1. The summed E-state index contributed by atoms with van der Waals surface area (Å²) in [6, 6.07) is 0. The van der Waals surface area contributed by atoms with Crippen molar-refractivity contribution in [1.82, 2.24) is 20.4 Å². The number of hydrogen-bond acceptors (Lipinski definition) is 4. The molecule has 0 saturated carbocycles. The second-order valence-corrected chi connectivity index (χ2v) is 4.82. The number of aliphatic hydroxyl groups excluding tert-OH is 1. The number of aliphatic hydroxyl groups is 1. The largest absolute Gasteiger partial charge is 0.391 e. The molecule has 2 unspecified atom stereocenters. The Bertz CT molecular complexity index is 414. The van der Waals surface area contributed by atoms with E-state index in [2.05, 4.69) is 15.7 Å². The van der Waals surface area contributed by atoms with Crippen LogP contribution in [0.2, 0.25) is 0 Å². The van der Waals surface area contributed by atoms with E-state index in [-0.39, 0.29) is 42.7 Å². The topological polar surface area (TPSA) is 79.2 Å². The third-order valence-electron chi connectivity index (χ3n) is 3.20. The Labute approximate surface area is 131 Å². The van der Waals surface area contributed by atoms with Crippen molar-refractivity contribution in [2.45, 2.75) is 26.0 Å². The number of nitrogens with one attached hydrogen (secondary N) is 2. The Balaban J connectivity index is 0.00000180. The molecule has 2 rings (SSSR count). The normalized spacial score (nSPS) is 20.9. The lowest BCUT2D eigenvalue weighted by Crippen LogP contribution is -2.34. The summed E-state index contributed by atoms with van der Waals surface area (Å²) in [5.41, 5.74) is 1.09. The Hall–Kier alpha value is -0.820. The number of rotatable bonds is 5. The van der Waals surface area contributed by atoms with E-state index in [0.29, 0.717) is 26.1 Å². The van der Waals surface area contributed by atoms with Gasteiger partial charge >= 0.3 is 0 Å². The minimum atomic E-state index is -0.348. The molecular weight excluding hydrogens is 303 g/mol. The highest BCUT2D eigenvalue weighted by Gasteiger charge is 2.24. The molecule has 0 radical (unpaired) electrons. The molecule has 1 amide bonds. The van der Waals surface area contributed by atoms with Crippen LogP contribution in [0.1, 0.15) is 12.0 Å². The number of carbonyl (C=O) groups is 1. The molecule has 0 aromatic carbocycles. The van der Waals surface area contributed by atoms with Gasteiger partial charge in [-0.05, 0) is 12.5 Å². The molecule has 2 atom stereocenters. The van der Waals surface area contributed by atoms with Gasteiger partial charge in [0, 0.05) is 44.7 Å². The Morgan fingerprint density at radius 1 is 1.55 bits per heavy atom. The zero-order valence-corrected chi connectivity index (χ0v) is 13.0. The lowest BCUT2D eigenvalue weighted by atomic mass is 10.1. The van der Waals surface area contributed by atoms with Crippen LogP contribution in [-0.2, 0) is 11.3 Å². The lowest BCUT2D eigenvalue weighted by molar-refractivity contribution is -0.121. The van der Waals surface area contributed by atoms with E-state index < -0.39 is 0 Å². The molecular formula is C12H22Cl2N4O2. The Morgan fingerprint density at radius 3 is 2.85 bits per heavy atom. The maximum absolute atomic E-state index is 11.6. The second-order valence-electron chi connectivity index (χ2n) is 4.82. The van der Waals surface area contributed by atoms with Crippen LogP contribution in [0, 0.1) is 12.8 Å². The highest BCUT2D eigenvalue weighted by molar-refractivity contribution is 5.85. The molecule has 1 aromatic heterocycles. The standard InChI is InChI=1S/C12H20N4O2.2ClH/c1-9-4-15-16(8-9)3-2-12(18)14-6-10-5-13-7-11(10)17;;/h4,8,10-11,13,17H,2-3,5-7H2,1H3,(H,14,18);2*1H. The van der Waals surface area contributed by atoms with Gasteiger partial charge in [-0.3, -0.25) is 9.48 Å². The summed E-state index contributed by atoms with van der Waals surface area (Å²) in [6.07, 6.45) is 3.76. The molecule has 0 spiro atoms. The minimum Gasteiger partial charge on any atom is -0.391 e. The van der Waals surface area contributed by atoms with Crippen molar-refractivity contribution < 1.29 is 9.90 Å². The van der Waals surface area contributed by atoms with Crippen LogP contribution in [0.15, 0.2) is 12.4 Å². The van der Waals surface area contributed by atoms with Gasteiger partial charge in [-0.25, -0.2) is 0 Å². The average Bonchev–Trinajstić information content (AvgIpc) is 2.93. The van der Waals surface area contributed by atoms with Gasteiger partial charge < -0.3 is 15.7 Å². The smallest absolute Gasteiger partial charge is 0.221 e. The van der Waals surface area contributed by atoms with Gasteiger partial charge in [-0.1, -0.05) is 0 Å². The minimum absolute atomic E-state index is 0. The van der Waals surface area contributed by atoms with Crippen LogP contribution < -0.4 is 10.6 Å². The molecule has 1 aliphatic heterocycles. The summed E-state index contributed by atoms with van der Waals surface area (Å²) >= 11 is 0. The first-order valence-electron chi connectivity index (χ1n) is 6.29. The van der Waals surface area contributed by atoms with Crippen molar-refractivity contribution in [3.63, 3.8) is 0 Å². The summed E-state index contributed by atoms with van der Waals surface area (Å²) in [5, 5.41) is 19.7. The van der Waals surface area contributed by atoms with Crippen LogP contribution in [0.25, 0.3) is 0 Å². The van der Waals surface area contributed by atoms with Gasteiger partial charge in [-0.2, -0.15) is 5.10 Å². The fourth-order valence-corrected chi connectivity index (χ4v) is 2.07. The van der Waals surface area contributed by atoms with E-state index in [9.17, 15) is 9.90 Å². The number of hydrogen-bond donors (Lipinski definition) is 3. The summed E-state index contributed by atoms with van der Waals surface area (Å²) in [6.45, 7) is 4.47. The van der Waals surface area contributed by atoms with Crippen molar-refractivity contribution >= 4 is 30.7 Å². The van der Waals surface area contributed by atoms with Crippen molar-refractivity contribution in [3.05, 3.63) is 18.0 Å². The average molecular weight is 325 g/mol. The lowest BCUT2D eigenvalue weighted by Gasteiger charge is -2.14. The highest BCUT2D eigenvalue weighted by Crippen LogP contribution is 2.07. The molecule has 2 heterocycles. The van der Waals surface area contributed by atoms with E-state index in [1.54, 1.807) is 10.9 Å². The molecule has 0 aliphatic carbocycles. The fraction of sp³-hybridized carbons (Fsp3) is 0.667. The van der Waals surface area contributed by atoms with Gasteiger partial charge in [0.05, 0.1) is 12.3 Å². The van der Waals surface area contributed by atoms with Gasteiger partial charge in [0.25, 0.3) is 0 Å². The first kappa shape index (κ1) is 19.2. The van der Waals surface area contributed by atoms with Crippen molar-refractivity contribution in [3.8, 4) is 0 Å². The summed E-state index contributed by atoms with van der Waals surface area (Å²) < 4.78 is 1.76. The first-order valence-corrected chi connectivity index (χ1v) is 6.29. The van der Waals surface area contributed by atoms with E-state index in [1.165, 1.54) is 0 Å². The van der Waals surface area contributed by atoms with Crippen molar-refractivity contribution in [1.29, 1.82) is 0 Å². The molecule has 20 heavy (non-hydrogen) atoms. The molecule has 8 heteroatoms. The third kappa shape index (κ3) is 5.66. The van der Waals surface area contributed by atoms with Crippen LogP contribution in [0.3, 0.4) is 0 Å².